The molecule has 0 aliphatic carbocycles. The summed E-state index contributed by atoms with van der Waals surface area (Å²) in [6, 6.07) is 6.03. The minimum absolute atomic E-state index is 0.160. The fourth-order valence-electron chi connectivity index (χ4n) is 1.68. The normalized spacial score (nSPS) is 11.5. The monoisotopic (exact) mass is 292 g/mol. The Morgan fingerprint density at radius 1 is 1.24 bits per heavy atom. The summed E-state index contributed by atoms with van der Waals surface area (Å²) in [6.07, 6.45) is 1.95. The summed E-state index contributed by atoms with van der Waals surface area (Å²) in [5, 5.41) is 16.8. The summed E-state index contributed by atoms with van der Waals surface area (Å²) in [5.74, 6) is -0.616. The van der Waals surface area contributed by atoms with Gasteiger partial charge in [0.15, 0.2) is 0 Å². The van der Waals surface area contributed by atoms with Crippen LogP contribution in [0.3, 0.4) is 0 Å². The Kier molecular flexibility index (Phi) is 6.90. The number of nitrogens with one attached hydrogen (secondary N) is 3. The van der Waals surface area contributed by atoms with Gasteiger partial charge in [-0.25, -0.2) is 0 Å². The molecule has 7 nitrogen and oxygen atoms in total. The molecule has 0 aliphatic heterocycles. The van der Waals surface area contributed by atoms with Crippen molar-refractivity contribution in [2.45, 2.75) is 12.5 Å². The van der Waals surface area contributed by atoms with Crippen molar-refractivity contribution in [1.29, 1.82) is 0 Å². The number of aromatic hydroxyl groups is 1. The minimum Gasteiger partial charge on any atom is -0.508 e. The van der Waals surface area contributed by atoms with E-state index in [0.29, 0.717) is 6.42 Å². The third kappa shape index (κ3) is 6.05. The molecule has 1 aromatic carbocycles. The van der Waals surface area contributed by atoms with Crippen molar-refractivity contribution in [1.82, 2.24) is 16.0 Å². The Morgan fingerprint density at radius 2 is 1.90 bits per heavy atom. The van der Waals surface area contributed by atoms with Crippen LogP contribution in [0.15, 0.2) is 24.3 Å². The standard InChI is InChI=1S/C14H18N3O4/c1-15-12(8-10-2-4-11(19)5-3-10)14(21)17-9-13(20)16-6-7-18/h2-5,12,15,19H,6,8-9H2,1H3,(H,16,20)(H,17,21)/t12-/m0/s1. The van der Waals surface area contributed by atoms with Gasteiger partial charge >= 0.3 is 0 Å². The largest absolute Gasteiger partial charge is 0.508 e. The highest BCUT2D eigenvalue weighted by atomic mass is 16.3. The molecule has 1 rings (SSSR count). The molecule has 2 amide bonds. The molecule has 7 heteroatoms. The van der Waals surface area contributed by atoms with E-state index in [9.17, 15) is 19.5 Å². The summed E-state index contributed by atoms with van der Waals surface area (Å²) < 4.78 is 0. The van der Waals surface area contributed by atoms with Crippen molar-refractivity contribution < 1.29 is 19.5 Å². The quantitative estimate of drug-likeness (QED) is 0.485. The van der Waals surface area contributed by atoms with E-state index in [1.807, 2.05) is 0 Å². The Hall–Kier alpha value is -2.41. The number of likely N-dealkylation sites (N-methyl/N-ethyl adjacent to an activating group) is 1. The summed E-state index contributed by atoms with van der Waals surface area (Å²) in [6.45, 7) is -0.397. The van der Waals surface area contributed by atoms with Crippen molar-refractivity contribution in [3.63, 3.8) is 0 Å². The van der Waals surface area contributed by atoms with Gasteiger partial charge in [-0.2, -0.15) is 0 Å². The van der Waals surface area contributed by atoms with Gasteiger partial charge in [0.25, 0.3) is 0 Å². The molecule has 1 atom stereocenters. The third-order valence-corrected chi connectivity index (χ3v) is 2.82. The number of phenolic OH excluding ortho intramolecular Hbond substituents is 1. The van der Waals surface area contributed by atoms with Crippen LogP contribution in [0.5, 0.6) is 5.75 Å². The highest BCUT2D eigenvalue weighted by Gasteiger charge is 2.17. The van der Waals surface area contributed by atoms with Gasteiger partial charge in [0.05, 0.1) is 19.1 Å². The van der Waals surface area contributed by atoms with Gasteiger partial charge in [0.1, 0.15) is 5.75 Å². The molecular weight excluding hydrogens is 274 g/mol. The molecule has 113 valence electrons. The van der Waals surface area contributed by atoms with Gasteiger partial charge in [-0.3, -0.25) is 14.4 Å². The zero-order valence-corrected chi connectivity index (χ0v) is 11.7. The second-order valence-corrected chi connectivity index (χ2v) is 4.35. The SMILES string of the molecule is CN[C@@H](Cc1ccc(O)cc1)C(=O)NCC(=O)NC[C]=O. The Bertz CT molecular complexity index is 487. The number of rotatable bonds is 8. The third-order valence-electron chi connectivity index (χ3n) is 2.82. The van der Waals surface area contributed by atoms with Crippen LogP contribution in [0.2, 0.25) is 0 Å². The van der Waals surface area contributed by atoms with Crippen molar-refractivity contribution in [2.75, 3.05) is 20.1 Å². The van der Waals surface area contributed by atoms with Crippen LogP contribution in [0, 0.1) is 0 Å². The van der Waals surface area contributed by atoms with E-state index in [1.54, 1.807) is 31.3 Å². The molecule has 0 heterocycles. The molecule has 0 spiro atoms. The van der Waals surface area contributed by atoms with E-state index in [1.165, 1.54) is 6.29 Å². The topological polar surface area (TPSA) is 108 Å². The van der Waals surface area contributed by atoms with Crippen LogP contribution in [0.4, 0.5) is 0 Å². The second kappa shape index (κ2) is 8.70. The lowest BCUT2D eigenvalue weighted by Gasteiger charge is -2.16. The lowest BCUT2D eigenvalue weighted by atomic mass is 10.1. The lowest BCUT2D eigenvalue weighted by Crippen LogP contribution is -2.47. The summed E-state index contributed by atoms with van der Waals surface area (Å²) in [4.78, 5) is 33.2. The number of benzene rings is 1. The predicted octanol–water partition coefficient (Wildman–Crippen LogP) is -1.14. The average Bonchev–Trinajstić information content (AvgIpc) is 2.49. The van der Waals surface area contributed by atoms with Crippen molar-refractivity contribution in [2.24, 2.45) is 0 Å². The maximum Gasteiger partial charge on any atom is 0.239 e. The van der Waals surface area contributed by atoms with Crippen LogP contribution < -0.4 is 16.0 Å². The molecule has 1 aromatic rings. The van der Waals surface area contributed by atoms with Gasteiger partial charge < -0.3 is 21.1 Å². The van der Waals surface area contributed by atoms with Crippen LogP contribution in [-0.4, -0.2) is 49.4 Å². The number of amides is 2. The van der Waals surface area contributed by atoms with Crippen LogP contribution in [0.25, 0.3) is 0 Å². The van der Waals surface area contributed by atoms with Crippen molar-refractivity contribution >= 4 is 18.1 Å². The number of carbonyl (C=O) groups excluding carboxylic acids is 3. The fourth-order valence-corrected chi connectivity index (χ4v) is 1.68. The maximum atomic E-state index is 11.9. The first-order valence-corrected chi connectivity index (χ1v) is 6.41. The van der Waals surface area contributed by atoms with Crippen LogP contribution >= 0.6 is 0 Å². The van der Waals surface area contributed by atoms with Gasteiger partial charge in [0, 0.05) is 0 Å². The van der Waals surface area contributed by atoms with Gasteiger partial charge in [0.2, 0.25) is 18.1 Å². The molecule has 0 saturated carbocycles. The second-order valence-electron chi connectivity index (χ2n) is 4.35. The maximum absolute atomic E-state index is 11.9. The molecule has 0 unspecified atom stereocenters. The van der Waals surface area contributed by atoms with Crippen LogP contribution in [0.1, 0.15) is 5.56 Å². The zero-order chi connectivity index (χ0) is 15.7. The minimum atomic E-state index is -0.500. The molecule has 21 heavy (non-hydrogen) atoms. The molecular formula is C14H18N3O4. The first-order valence-electron chi connectivity index (χ1n) is 6.41. The Balaban J connectivity index is 2.47. The average molecular weight is 292 g/mol. The van der Waals surface area contributed by atoms with Gasteiger partial charge in [-0.05, 0) is 31.2 Å². The summed E-state index contributed by atoms with van der Waals surface area (Å²) >= 11 is 0. The first kappa shape index (κ1) is 16.6. The van der Waals surface area contributed by atoms with Gasteiger partial charge in [-0.15, -0.1) is 0 Å². The molecule has 0 aliphatic rings. The fraction of sp³-hybridized carbons (Fsp3) is 0.357. The van der Waals surface area contributed by atoms with Crippen molar-refractivity contribution in [3.8, 4) is 5.75 Å². The van der Waals surface area contributed by atoms with E-state index in [2.05, 4.69) is 16.0 Å². The van der Waals surface area contributed by atoms with Crippen LogP contribution in [-0.2, 0) is 20.8 Å². The molecule has 0 aromatic heterocycles. The number of hydrogen-bond donors (Lipinski definition) is 4. The van der Waals surface area contributed by atoms with E-state index >= 15 is 0 Å². The molecule has 1 radical (unpaired) electrons. The van der Waals surface area contributed by atoms with E-state index in [0.717, 1.165) is 5.56 Å². The number of phenols is 1. The predicted molar refractivity (Wildman–Crippen MR) is 76.4 cm³/mol. The van der Waals surface area contributed by atoms with E-state index in [4.69, 9.17) is 0 Å². The number of hydrogen-bond acceptors (Lipinski definition) is 5. The van der Waals surface area contributed by atoms with Gasteiger partial charge in [-0.1, -0.05) is 12.1 Å². The highest BCUT2D eigenvalue weighted by Crippen LogP contribution is 2.11. The van der Waals surface area contributed by atoms with E-state index in [-0.39, 0.29) is 24.7 Å². The molecule has 0 saturated heterocycles. The number of carbonyl (C=O) groups is 2. The van der Waals surface area contributed by atoms with Crippen molar-refractivity contribution in [3.05, 3.63) is 29.8 Å². The summed E-state index contributed by atoms with van der Waals surface area (Å²) in [7, 11) is 1.64. The Labute approximate surface area is 122 Å². The highest BCUT2D eigenvalue weighted by molar-refractivity contribution is 5.88. The smallest absolute Gasteiger partial charge is 0.239 e. The summed E-state index contributed by atoms with van der Waals surface area (Å²) in [5.41, 5.74) is 0.877. The first-order chi connectivity index (χ1) is 10.1. The zero-order valence-electron chi connectivity index (χ0n) is 11.7. The Morgan fingerprint density at radius 3 is 2.48 bits per heavy atom. The van der Waals surface area contributed by atoms with E-state index < -0.39 is 11.9 Å². The lowest BCUT2D eigenvalue weighted by molar-refractivity contribution is -0.127. The molecule has 4 N–H and O–H groups in total. The molecule has 0 bridgehead atoms. The molecule has 0 fully saturated rings.